The molecule has 1 heterocycles. The van der Waals surface area contributed by atoms with Gasteiger partial charge in [-0.05, 0) is 18.9 Å². The van der Waals surface area contributed by atoms with Gasteiger partial charge in [0.15, 0.2) is 0 Å². The summed E-state index contributed by atoms with van der Waals surface area (Å²) in [4.78, 5) is 38.4. The monoisotopic (exact) mass is 395 g/mol. The van der Waals surface area contributed by atoms with Crippen LogP contribution in [0.25, 0.3) is 0 Å². The summed E-state index contributed by atoms with van der Waals surface area (Å²) in [5, 5.41) is 5.71. The summed E-state index contributed by atoms with van der Waals surface area (Å²) in [7, 11) is 2.92. The SMILES string of the molecule is COc1cc(OC)c(NC(=O)CN2C(=O)NC3(CCCCC3)C2=O)cc1Cl. The Bertz CT molecular complexity index is 777. The second kappa shape index (κ2) is 7.64. The summed E-state index contributed by atoms with van der Waals surface area (Å²) in [6.07, 6.45) is 4.03. The van der Waals surface area contributed by atoms with Crippen molar-refractivity contribution >= 4 is 35.1 Å². The lowest BCUT2D eigenvalue weighted by atomic mass is 9.82. The van der Waals surface area contributed by atoms with Crippen molar-refractivity contribution in [2.45, 2.75) is 37.6 Å². The van der Waals surface area contributed by atoms with Crippen LogP contribution in [0.5, 0.6) is 11.5 Å². The first-order valence-corrected chi connectivity index (χ1v) is 9.13. The van der Waals surface area contributed by atoms with E-state index >= 15 is 0 Å². The Hall–Kier alpha value is -2.48. The number of anilines is 1. The van der Waals surface area contributed by atoms with Crippen LogP contribution in [0.2, 0.25) is 5.02 Å². The molecule has 1 aromatic rings. The summed E-state index contributed by atoms with van der Waals surface area (Å²) in [5.41, 5.74) is -0.524. The van der Waals surface area contributed by atoms with Crippen LogP contribution >= 0.6 is 11.6 Å². The van der Waals surface area contributed by atoms with Crippen LogP contribution in [-0.2, 0) is 9.59 Å². The highest BCUT2D eigenvalue weighted by atomic mass is 35.5. The largest absolute Gasteiger partial charge is 0.495 e. The lowest BCUT2D eigenvalue weighted by Crippen LogP contribution is -2.48. The molecule has 0 unspecified atom stereocenters. The van der Waals surface area contributed by atoms with Gasteiger partial charge in [0.1, 0.15) is 23.6 Å². The zero-order valence-corrected chi connectivity index (χ0v) is 16.0. The molecular weight excluding hydrogens is 374 g/mol. The van der Waals surface area contributed by atoms with E-state index in [9.17, 15) is 14.4 Å². The molecule has 146 valence electrons. The van der Waals surface area contributed by atoms with Gasteiger partial charge >= 0.3 is 6.03 Å². The molecule has 1 aliphatic heterocycles. The summed E-state index contributed by atoms with van der Waals surface area (Å²) >= 11 is 6.10. The van der Waals surface area contributed by atoms with Gasteiger partial charge in [-0.3, -0.25) is 14.5 Å². The number of ether oxygens (including phenoxy) is 2. The minimum absolute atomic E-state index is 0.296. The molecule has 8 nitrogen and oxygen atoms in total. The Morgan fingerprint density at radius 3 is 2.48 bits per heavy atom. The Morgan fingerprint density at radius 2 is 1.85 bits per heavy atom. The molecule has 27 heavy (non-hydrogen) atoms. The third kappa shape index (κ3) is 3.66. The smallest absolute Gasteiger partial charge is 0.325 e. The highest BCUT2D eigenvalue weighted by molar-refractivity contribution is 6.32. The molecule has 9 heteroatoms. The van der Waals surface area contributed by atoms with Gasteiger partial charge in [-0.1, -0.05) is 30.9 Å². The molecule has 0 aromatic heterocycles. The number of carbonyl (C=O) groups is 3. The van der Waals surface area contributed by atoms with Crippen molar-refractivity contribution in [3.8, 4) is 11.5 Å². The maximum atomic E-state index is 12.7. The van der Waals surface area contributed by atoms with E-state index in [0.29, 0.717) is 35.1 Å². The van der Waals surface area contributed by atoms with E-state index in [4.69, 9.17) is 21.1 Å². The van der Waals surface area contributed by atoms with Crippen molar-refractivity contribution in [2.24, 2.45) is 0 Å². The van der Waals surface area contributed by atoms with Gasteiger partial charge in [-0.25, -0.2) is 4.79 Å². The van der Waals surface area contributed by atoms with Crippen LogP contribution < -0.4 is 20.1 Å². The quantitative estimate of drug-likeness (QED) is 0.747. The van der Waals surface area contributed by atoms with E-state index in [-0.39, 0.29) is 12.5 Å². The predicted octanol–water partition coefficient (Wildman–Crippen LogP) is 2.55. The summed E-state index contributed by atoms with van der Waals surface area (Å²) < 4.78 is 10.3. The van der Waals surface area contributed by atoms with Crippen molar-refractivity contribution in [1.82, 2.24) is 10.2 Å². The van der Waals surface area contributed by atoms with Gasteiger partial charge in [0.25, 0.3) is 5.91 Å². The molecule has 0 radical (unpaired) electrons. The molecule has 1 aliphatic carbocycles. The first kappa shape index (κ1) is 19.3. The minimum atomic E-state index is -0.850. The Kier molecular flexibility index (Phi) is 5.46. The summed E-state index contributed by atoms with van der Waals surface area (Å²) in [6, 6.07) is 2.51. The average Bonchev–Trinajstić information content (AvgIpc) is 2.86. The number of amides is 4. The van der Waals surface area contributed by atoms with Crippen molar-refractivity contribution < 1.29 is 23.9 Å². The van der Waals surface area contributed by atoms with Gasteiger partial charge in [-0.15, -0.1) is 0 Å². The van der Waals surface area contributed by atoms with Crippen LogP contribution in [-0.4, -0.2) is 49.0 Å². The predicted molar refractivity (Wildman–Crippen MR) is 99.2 cm³/mol. The highest BCUT2D eigenvalue weighted by Crippen LogP contribution is 2.36. The minimum Gasteiger partial charge on any atom is -0.495 e. The van der Waals surface area contributed by atoms with Gasteiger partial charge in [0, 0.05) is 6.07 Å². The lowest BCUT2D eigenvalue weighted by molar-refractivity contribution is -0.134. The average molecular weight is 396 g/mol. The molecule has 1 saturated heterocycles. The van der Waals surface area contributed by atoms with Crippen molar-refractivity contribution in [3.05, 3.63) is 17.2 Å². The van der Waals surface area contributed by atoms with Gasteiger partial charge in [0.2, 0.25) is 5.91 Å². The maximum absolute atomic E-state index is 12.7. The maximum Gasteiger partial charge on any atom is 0.325 e. The number of halogens is 1. The fourth-order valence-electron chi connectivity index (χ4n) is 3.61. The van der Waals surface area contributed by atoms with E-state index in [2.05, 4.69) is 10.6 Å². The number of methoxy groups -OCH3 is 2. The number of imide groups is 1. The zero-order valence-electron chi connectivity index (χ0n) is 15.3. The van der Waals surface area contributed by atoms with E-state index in [0.717, 1.165) is 24.2 Å². The molecule has 3 rings (SSSR count). The van der Waals surface area contributed by atoms with Gasteiger partial charge < -0.3 is 20.1 Å². The number of hydrogen-bond acceptors (Lipinski definition) is 5. The first-order chi connectivity index (χ1) is 12.9. The molecule has 4 amide bonds. The molecule has 0 bridgehead atoms. The van der Waals surface area contributed by atoms with E-state index in [1.165, 1.54) is 20.3 Å². The topological polar surface area (TPSA) is 97.0 Å². The Labute approximate surface area is 162 Å². The highest BCUT2D eigenvalue weighted by Gasteiger charge is 2.51. The molecule has 1 aromatic carbocycles. The molecule has 2 N–H and O–H groups in total. The number of nitrogens with zero attached hydrogens (tertiary/aromatic N) is 1. The van der Waals surface area contributed by atoms with Crippen LogP contribution in [0.3, 0.4) is 0 Å². The third-order valence-corrected chi connectivity index (χ3v) is 5.30. The standard InChI is InChI=1S/C18H22ClN3O5/c1-26-13-9-14(27-2)12(8-11(13)19)20-15(23)10-22-16(24)18(21-17(22)25)6-4-3-5-7-18/h8-9H,3-7,10H2,1-2H3,(H,20,23)(H,21,25). The number of benzene rings is 1. The van der Waals surface area contributed by atoms with E-state index in [1.807, 2.05) is 0 Å². The molecule has 0 atom stereocenters. The van der Waals surface area contributed by atoms with Crippen LogP contribution in [0.1, 0.15) is 32.1 Å². The zero-order chi connectivity index (χ0) is 19.6. The van der Waals surface area contributed by atoms with Crippen molar-refractivity contribution in [1.29, 1.82) is 0 Å². The van der Waals surface area contributed by atoms with E-state index < -0.39 is 17.5 Å². The van der Waals surface area contributed by atoms with Crippen molar-refractivity contribution in [2.75, 3.05) is 26.1 Å². The second-order valence-corrected chi connectivity index (χ2v) is 7.11. The van der Waals surface area contributed by atoms with Gasteiger partial charge in [-0.2, -0.15) is 0 Å². The van der Waals surface area contributed by atoms with Crippen LogP contribution in [0.4, 0.5) is 10.5 Å². The number of urea groups is 1. The van der Waals surface area contributed by atoms with Crippen molar-refractivity contribution in [3.63, 3.8) is 0 Å². The lowest BCUT2D eigenvalue weighted by Gasteiger charge is -2.30. The molecule has 1 spiro atoms. The molecular formula is C18H22ClN3O5. The molecule has 2 fully saturated rings. The number of carbonyl (C=O) groups excluding carboxylic acids is 3. The van der Waals surface area contributed by atoms with Crippen LogP contribution in [0, 0.1) is 0 Å². The number of rotatable bonds is 5. The Morgan fingerprint density at radius 1 is 1.19 bits per heavy atom. The third-order valence-electron chi connectivity index (χ3n) is 5.00. The Balaban J connectivity index is 1.72. The second-order valence-electron chi connectivity index (χ2n) is 6.70. The molecule has 2 aliphatic rings. The van der Waals surface area contributed by atoms with Crippen LogP contribution in [0.15, 0.2) is 12.1 Å². The van der Waals surface area contributed by atoms with E-state index in [1.54, 1.807) is 6.07 Å². The fourth-order valence-corrected chi connectivity index (χ4v) is 3.85. The normalized spacial score (nSPS) is 18.4. The summed E-state index contributed by atoms with van der Waals surface area (Å²) in [6.45, 7) is -0.376. The number of hydrogen-bond donors (Lipinski definition) is 2. The van der Waals surface area contributed by atoms with Gasteiger partial charge in [0.05, 0.1) is 24.9 Å². The summed E-state index contributed by atoms with van der Waals surface area (Å²) in [5.74, 6) is -0.0987. The molecule has 1 saturated carbocycles. The fraction of sp³-hybridized carbons (Fsp3) is 0.500. The first-order valence-electron chi connectivity index (χ1n) is 8.75. The number of nitrogens with one attached hydrogen (secondary N) is 2.